The van der Waals surface area contributed by atoms with E-state index in [1.165, 1.54) is 5.56 Å². The van der Waals surface area contributed by atoms with E-state index in [1.807, 2.05) is 24.3 Å². The van der Waals surface area contributed by atoms with E-state index in [2.05, 4.69) is 4.90 Å². The Morgan fingerprint density at radius 1 is 1.12 bits per heavy atom. The molecule has 0 radical (unpaired) electrons. The lowest BCUT2D eigenvalue weighted by Gasteiger charge is -2.31. The standard InChI is InChI=1S/C13H18F2N2/c14-13(15)6-9-17(10-7-13)8-5-11-1-3-12(16)4-2-11/h1-4H,5-10,16H2. The molecule has 1 aliphatic heterocycles. The van der Waals surface area contributed by atoms with E-state index in [0.29, 0.717) is 13.1 Å². The van der Waals surface area contributed by atoms with Gasteiger partial charge in [-0.05, 0) is 24.1 Å². The van der Waals surface area contributed by atoms with Gasteiger partial charge in [0.25, 0.3) is 5.92 Å². The molecule has 0 bridgehead atoms. The van der Waals surface area contributed by atoms with Crippen LogP contribution in [0.5, 0.6) is 0 Å². The molecule has 1 heterocycles. The van der Waals surface area contributed by atoms with E-state index in [1.54, 1.807) is 0 Å². The van der Waals surface area contributed by atoms with Gasteiger partial charge in [-0.3, -0.25) is 0 Å². The molecule has 1 aromatic rings. The molecule has 4 heteroatoms. The van der Waals surface area contributed by atoms with Crippen molar-refractivity contribution in [3.63, 3.8) is 0 Å². The van der Waals surface area contributed by atoms with Gasteiger partial charge in [0.15, 0.2) is 0 Å². The highest BCUT2D eigenvalue weighted by molar-refractivity contribution is 5.39. The lowest BCUT2D eigenvalue weighted by atomic mass is 10.1. The fourth-order valence-corrected chi connectivity index (χ4v) is 2.08. The van der Waals surface area contributed by atoms with E-state index in [-0.39, 0.29) is 12.8 Å². The van der Waals surface area contributed by atoms with Crippen molar-refractivity contribution < 1.29 is 8.78 Å². The Morgan fingerprint density at radius 2 is 1.71 bits per heavy atom. The van der Waals surface area contributed by atoms with E-state index in [0.717, 1.165) is 18.7 Å². The Morgan fingerprint density at radius 3 is 2.29 bits per heavy atom. The molecule has 0 aliphatic carbocycles. The molecule has 2 rings (SSSR count). The third-order valence-corrected chi connectivity index (χ3v) is 3.28. The summed E-state index contributed by atoms with van der Waals surface area (Å²) in [7, 11) is 0. The summed E-state index contributed by atoms with van der Waals surface area (Å²) in [4.78, 5) is 2.10. The molecule has 0 amide bonds. The lowest BCUT2D eigenvalue weighted by molar-refractivity contribution is -0.0548. The first-order valence-corrected chi connectivity index (χ1v) is 6.00. The molecule has 17 heavy (non-hydrogen) atoms. The number of nitrogens with zero attached hydrogens (tertiary/aromatic N) is 1. The first-order valence-electron chi connectivity index (χ1n) is 6.00. The smallest absolute Gasteiger partial charge is 0.250 e. The highest BCUT2D eigenvalue weighted by atomic mass is 19.3. The second-order valence-electron chi connectivity index (χ2n) is 4.69. The maximum Gasteiger partial charge on any atom is 0.250 e. The number of rotatable bonds is 3. The van der Waals surface area contributed by atoms with Crippen LogP contribution < -0.4 is 5.73 Å². The lowest BCUT2D eigenvalue weighted by Crippen LogP contribution is -2.40. The van der Waals surface area contributed by atoms with Crippen molar-refractivity contribution in [2.24, 2.45) is 0 Å². The van der Waals surface area contributed by atoms with Crippen LogP contribution in [0.3, 0.4) is 0 Å². The zero-order valence-corrected chi connectivity index (χ0v) is 9.83. The van der Waals surface area contributed by atoms with E-state index in [4.69, 9.17) is 5.73 Å². The predicted molar refractivity (Wildman–Crippen MR) is 65.2 cm³/mol. The van der Waals surface area contributed by atoms with Gasteiger partial charge in [0.1, 0.15) is 0 Å². The molecule has 94 valence electrons. The van der Waals surface area contributed by atoms with Gasteiger partial charge >= 0.3 is 0 Å². The van der Waals surface area contributed by atoms with Crippen LogP contribution in [0, 0.1) is 0 Å². The molecule has 1 aromatic carbocycles. The molecular formula is C13H18F2N2. The number of nitrogen functional groups attached to an aromatic ring is 1. The van der Waals surface area contributed by atoms with Crippen molar-refractivity contribution in [3.05, 3.63) is 29.8 Å². The fraction of sp³-hybridized carbons (Fsp3) is 0.538. The van der Waals surface area contributed by atoms with Crippen LogP contribution in [0.15, 0.2) is 24.3 Å². The number of hydrogen-bond acceptors (Lipinski definition) is 2. The third kappa shape index (κ3) is 3.66. The Balaban J connectivity index is 1.78. The highest BCUT2D eigenvalue weighted by Crippen LogP contribution is 2.27. The molecule has 1 saturated heterocycles. The average molecular weight is 240 g/mol. The summed E-state index contributed by atoms with van der Waals surface area (Å²) >= 11 is 0. The first kappa shape index (κ1) is 12.3. The van der Waals surface area contributed by atoms with Gasteiger partial charge in [-0.2, -0.15) is 0 Å². The van der Waals surface area contributed by atoms with Gasteiger partial charge in [0, 0.05) is 38.2 Å². The molecule has 2 N–H and O–H groups in total. The molecule has 0 aromatic heterocycles. The van der Waals surface area contributed by atoms with Crippen LogP contribution in [0.2, 0.25) is 0 Å². The van der Waals surface area contributed by atoms with Crippen LogP contribution in [0.25, 0.3) is 0 Å². The third-order valence-electron chi connectivity index (χ3n) is 3.28. The Labute approximate surface area is 100 Å². The average Bonchev–Trinajstić information content (AvgIpc) is 2.30. The number of hydrogen-bond donors (Lipinski definition) is 1. The zero-order valence-electron chi connectivity index (χ0n) is 9.83. The van der Waals surface area contributed by atoms with Crippen molar-refractivity contribution in [2.75, 3.05) is 25.4 Å². The molecule has 0 unspecified atom stereocenters. The normalized spacial score (nSPS) is 20.4. The molecule has 0 atom stereocenters. The maximum atomic E-state index is 12.9. The van der Waals surface area contributed by atoms with Crippen molar-refractivity contribution in [1.29, 1.82) is 0 Å². The number of piperidine rings is 1. The number of benzene rings is 1. The second kappa shape index (κ2) is 5.00. The Hall–Kier alpha value is -1.16. The molecule has 0 saturated carbocycles. The molecule has 1 fully saturated rings. The Kier molecular flexibility index (Phi) is 3.62. The number of halogens is 2. The van der Waals surface area contributed by atoms with Crippen molar-refractivity contribution >= 4 is 5.69 Å². The van der Waals surface area contributed by atoms with Gasteiger partial charge in [0.2, 0.25) is 0 Å². The summed E-state index contributed by atoms with van der Waals surface area (Å²) in [6.45, 7) is 1.85. The van der Waals surface area contributed by atoms with Crippen LogP contribution in [-0.4, -0.2) is 30.5 Å². The van der Waals surface area contributed by atoms with Gasteiger partial charge in [-0.25, -0.2) is 8.78 Å². The van der Waals surface area contributed by atoms with Gasteiger partial charge < -0.3 is 10.6 Å². The minimum absolute atomic E-state index is 0.00522. The van der Waals surface area contributed by atoms with Crippen molar-refractivity contribution in [3.8, 4) is 0 Å². The van der Waals surface area contributed by atoms with Gasteiger partial charge in [-0.1, -0.05) is 12.1 Å². The summed E-state index contributed by atoms with van der Waals surface area (Å²) in [5, 5.41) is 0. The summed E-state index contributed by atoms with van der Waals surface area (Å²) in [6.07, 6.45) is 0.884. The van der Waals surface area contributed by atoms with Crippen LogP contribution in [0.1, 0.15) is 18.4 Å². The summed E-state index contributed by atoms with van der Waals surface area (Å²) < 4.78 is 25.9. The predicted octanol–water partition coefficient (Wildman–Crippen LogP) is 2.54. The van der Waals surface area contributed by atoms with E-state index >= 15 is 0 Å². The number of nitrogens with two attached hydrogens (primary N) is 1. The van der Waals surface area contributed by atoms with Crippen molar-refractivity contribution in [2.45, 2.75) is 25.2 Å². The largest absolute Gasteiger partial charge is 0.399 e. The molecule has 1 aliphatic rings. The monoisotopic (exact) mass is 240 g/mol. The first-order chi connectivity index (χ1) is 8.05. The number of anilines is 1. The zero-order chi connectivity index (χ0) is 12.3. The number of alkyl halides is 2. The minimum atomic E-state index is -2.45. The number of likely N-dealkylation sites (tertiary alicyclic amines) is 1. The van der Waals surface area contributed by atoms with Crippen LogP contribution in [0.4, 0.5) is 14.5 Å². The highest BCUT2D eigenvalue weighted by Gasteiger charge is 2.33. The van der Waals surface area contributed by atoms with E-state index < -0.39 is 5.92 Å². The summed E-state index contributed by atoms with van der Waals surface area (Å²) in [6, 6.07) is 7.74. The van der Waals surface area contributed by atoms with Gasteiger partial charge in [0.05, 0.1) is 0 Å². The SMILES string of the molecule is Nc1ccc(CCN2CCC(F)(F)CC2)cc1. The summed E-state index contributed by atoms with van der Waals surface area (Å²) in [5.74, 6) is -2.45. The molecule has 0 spiro atoms. The topological polar surface area (TPSA) is 29.3 Å². The van der Waals surface area contributed by atoms with Gasteiger partial charge in [-0.15, -0.1) is 0 Å². The maximum absolute atomic E-state index is 12.9. The summed E-state index contributed by atoms with van der Waals surface area (Å²) in [5.41, 5.74) is 7.56. The second-order valence-corrected chi connectivity index (χ2v) is 4.69. The quantitative estimate of drug-likeness (QED) is 0.823. The van der Waals surface area contributed by atoms with Crippen LogP contribution in [-0.2, 0) is 6.42 Å². The Bertz CT molecular complexity index is 352. The fourth-order valence-electron chi connectivity index (χ4n) is 2.08. The molecule has 2 nitrogen and oxygen atoms in total. The van der Waals surface area contributed by atoms with E-state index in [9.17, 15) is 8.78 Å². The van der Waals surface area contributed by atoms with Crippen molar-refractivity contribution in [1.82, 2.24) is 4.90 Å². The molecular weight excluding hydrogens is 222 g/mol. The van der Waals surface area contributed by atoms with Crippen LogP contribution >= 0.6 is 0 Å². The minimum Gasteiger partial charge on any atom is -0.399 e.